The van der Waals surface area contributed by atoms with Gasteiger partial charge >= 0.3 is 0 Å². The molecule has 1 aromatic carbocycles. The summed E-state index contributed by atoms with van der Waals surface area (Å²) in [5, 5.41) is 0. The summed E-state index contributed by atoms with van der Waals surface area (Å²) in [5.41, 5.74) is -0.145. The van der Waals surface area contributed by atoms with E-state index < -0.39 is 11.6 Å². The first kappa shape index (κ1) is 14.3. The van der Waals surface area contributed by atoms with Crippen molar-refractivity contribution in [3.8, 4) is 0 Å². The molecular formula is C14H16ClF2NO. The van der Waals surface area contributed by atoms with Crippen LogP contribution < -0.4 is 0 Å². The first-order chi connectivity index (χ1) is 9.11. The zero-order valence-corrected chi connectivity index (χ0v) is 11.3. The minimum Gasteiger partial charge on any atom is -0.342 e. The standard InChI is InChI=1S/C14H16ClF2NO/c15-6-4-10-5-7-18(9-10)14(19)8-11-12(16)2-1-3-13(11)17/h1-3,10H,4-9H2. The van der Waals surface area contributed by atoms with Crippen LogP contribution in [0.15, 0.2) is 18.2 Å². The molecule has 1 heterocycles. The molecule has 19 heavy (non-hydrogen) atoms. The summed E-state index contributed by atoms with van der Waals surface area (Å²) in [6, 6.07) is 3.64. The van der Waals surface area contributed by atoms with Crippen LogP contribution in [0.5, 0.6) is 0 Å². The fraction of sp³-hybridized carbons (Fsp3) is 0.500. The van der Waals surface area contributed by atoms with E-state index in [1.165, 1.54) is 18.2 Å². The lowest BCUT2D eigenvalue weighted by Crippen LogP contribution is -2.30. The molecule has 1 aliphatic heterocycles. The van der Waals surface area contributed by atoms with E-state index in [-0.39, 0.29) is 17.9 Å². The fourth-order valence-corrected chi connectivity index (χ4v) is 2.72. The second-order valence-corrected chi connectivity index (χ2v) is 5.23. The van der Waals surface area contributed by atoms with Crippen molar-refractivity contribution in [2.75, 3.05) is 19.0 Å². The Labute approximate surface area is 116 Å². The largest absolute Gasteiger partial charge is 0.342 e. The molecule has 1 atom stereocenters. The molecule has 0 radical (unpaired) electrons. The molecule has 2 rings (SSSR count). The second-order valence-electron chi connectivity index (χ2n) is 4.85. The van der Waals surface area contributed by atoms with Gasteiger partial charge in [0.25, 0.3) is 0 Å². The third-order valence-corrected chi connectivity index (χ3v) is 3.76. The van der Waals surface area contributed by atoms with Crippen LogP contribution in [0.4, 0.5) is 8.78 Å². The molecule has 0 N–H and O–H groups in total. The maximum absolute atomic E-state index is 13.5. The summed E-state index contributed by atoms with van der Waals surface area (Å²) in [4.78, 5) is 13.7. The van der Waals surface area contributed by atoms with Crippen LogP contribution in [-0.4, -0.2) is 29.8 Å². The number of hydrogen-bond donors (Lipinski definition) is 0. The van der Waals surface area contributed by atoms with E-state index in [4.69, 9.17) is 11.6 Å². The molecule has 2 nitrogen and oxygen atoms in total. The number of hydrogen-bond acceptors (Lipinski definition) is 1. The van der Waals surface area contributed by atoms with Gasteiger partial charge in [0.2, 0.25) is 5.91 Å². The molecule has 104 valence electrons. The summed E-state index contributed by atoms with van der Waals surface area (Å²) in [6.07, 6.45) is 1.57. The molecule has 1 aliphatic rings. The summed E-state index contributed by atoms with van der Waals surface area (Å²) in [7, 11) is 0. The van der Waals surface area contributed by atoms with Gasteiger partial charge in [-0.3, -0.25) is 4.79 Å². The Kier molecular flexibility index (Phi) is 4.75. The van der Waals surface area contributed by atoms with Crippen LogP contribution in [0.2, 0.25) is 0 Å². The van der Waals surface area contributed by atoms with Gasteiger partial charge in [0.15, 0.2) is 0 Å². The van der Waals surface area contributed by atoms with Crippen LogP contribution in [0.1, 0.15) is 18.4 Å². The van der Waals surface area contributed by atoms with Gasteiger partial charge in [0.05, 0.1) is 6.42 Å². The molecule has 0 bridgehead atoms. The third kappa shape index (κ3) is 3.44. The number of carbonyl (C=O) groups is 1. The number of alkyl halides is 1. The first-order valence-corrected chi connectivity index (χ1v) is 6.92. The van der Waals surface area contributed by atoms with E-state index in [1.807, 2.05) is 0 Å². The highest BCUT2D eigenvalue weighted by atomic mass is 35.5. The molecule has 0 aromatic heterocycles. The highest BCUT2D eigenvalue weighted by molar-refractivity contribution is 6.17. The maximum Gasteiger partial charge on any atom is 0.227 e. The van der Waals surface area contributed by atoms with Gasteiger partial charge in [-0.2, -0.15) is 0 Å². The quantitative estimate of drug-likeness (QED) is 0.780. The van der Waals surface area contributed by atoms with Crippen LogP contribution >= 0.6 is 11.6 Å². The topological polar surface area (TPSA) is 20.3 Å². The molecule has 1 unspecified atom stereocenters. The lowest BCUT2D eigenvalue weighted by molar-refractivity contribution is -0.129. The average Bonchev–Trinajstić information content (AvgIpc) is 2.83. The van der Waals surface area contributed by atoms with Gasteiger partial charge in [0, 0.05) is 24.5 Å². The predicted molar refractivity (Wildman–Crippen MR) is 70.1 cm³/mol. The van der Waals surface area contributed by atoms with Crippen molar-refractivity contribution in [2.24, 2.45) is 5.92 Å². The number of nitrogens with zero attached hydrogens (tertiary/aromatic N) is 1. The lowest BCUT2D eigenvalue weighted by Gasteiger charge is -2.16. The Balaban J connectivity index is 1.98. The monoisotopic (exact) mass is 287 g/mol. The summed E-state index contributed by atoms with van der Waals surface area (Å²) >= 11 is 5.68. The van der Waals surface area contributed by atoms with Crippen LogP contribution in [0.3, 0.4) is 0 Å². The van der Waals surface area contributed by atoms with E-state index in [2.05, 4.69) is 0 Å². The highest BCUT2D eigenvalue weighted by Crippen LogP contribution is 2.22. The van der Waals surface area contributed by atoms with Gasteiger partial charge in [-0.15, -0.1) is 11.6 Å². The van der Waals surface area contributed by atoms with Crippen molar-refractivity contribution in [1.29, 1.82) is 0 Å². The number of halogens is 3. The predicted octanol–water partition coefficient (Wildman–Crippen LogP) is 2.98. The Bertz CT molecular complexity index is 447. The minimum absolute atomic E-state index is 0.145. The van der Waals surface area contributed by atoms with Crippen molar-refractivity contribution >= 4 is 17.5 Å². The lowest BCUT2D eigenvalue weighted by atomic mass is 10.1. The Hall–Kier alpha value is -1.16. The molecule has 1 fully saturated rings. The van der Waals surface area contributed by atoms with E-state index in [0.29, 0.717) is 24.9 Å². The van der Waals surface area contributed by atoms with Crippen molar-refractivity contribution in [1.82, 2.24) is 4.90 Å². The van der Waals surface area contributed by atoms with Gasteiger partial charge in [-0.05, 0) is 30.9 Å². The molecule has 5 heteroatoms. The molecular weight excluding hydrogens is 272 g/mol. The molecule has 0 saturated carbocycles. The normalized spacial score (nSPS) is 18.9. The third-order valence-electron chi connectivity index (χ3n) is 3.55. The van der Waals surface area contributed by atoms with Crippen LogP contribution in [-0.2, 0) is 11.2 Å². The Morgan fingerprint density at radius 1 is 1.37 bits per heavy atom. The van der Waals surface area contributed by atoms with Crippen molar-refractivity contribution in [3.63, 3.8) is 0 Å². The van der Waals surface area contributed by atoms with Gasteiger partial charge < -0.3 is 4.90 Å². The summed E-state index contributed by atoms with van der Waals surface area (Å²) < 4.78 is 26.9. The minimum atomic E-state index is -0.662. The van der Waals surface area contributed by atoms with Gasteiger partial charge in [-0.25, -0.2) is 8.78 Å². The van der Waals surface area contributed by atoms with E-state index in [0.717, 1.165) is 12.8 Å². The van der Waals surface area contributed by atoms with Crippen molar-refractivity contribution in [3.05, 3.63) is 35.4 Å². The van der Waals surface area contributed by atoms with Crippen LogP contribution in [0.25, 0.3) is 0 Å². The number of rotatable bonds is 4. The summed E-state index contributed by atoms with van der Waals surface area (Å²) in [5.74, 6) is -0.558. The zero-order valence-electron chi connectivity index (χ0n) is 10.5. The fourth-order valence-electron chi connectivity index (χ4n) is 2.41. The number of benzene rings is 1. The van der Waals surface area contributed by atoms with Gasteiger partial charge in [-0.1, -0.05) is 6.07 Å². The maximum atomic E-state index is 13.5. The van der Waals surface area contributed by atoms with E-state index in [1.54, 1.807) is 4.90 Å². The van der Waals surface area contributed by atoms with Crippen LogP contribution in [0, 0.1) is 17.6 Å². The zero-order chi connectivity index (χ0) is 13.8. The number of carbonyl (C=O) groups excluding carboxylic acids is 1. The SMILES string of the molecule is O=C(Cc1c(F)cccc1F)N1CCC(CCCl)C1. The molecule has 0 aliphatic carbocycles. The summed E-state index contributed by atoms with van der Waals surface area (Å²) in [6.45, 7) is 1.29. The molecule has 1 amide bonds. The van der Waals surface area contributed by atoms with E-state index in [9.17, 15) is 13.6 Å². The molecule has 0 spiro atoms. The van der Waals surface area contributed by atoms with Crippen molar-refractivity contribution in [2.45, 2.75) is 19.3 Å². The molecule has 1 aromatic rings. The number of likely N-dealkylation sites (tertiary alicyclic amines) is 1. The molecule has 1 saturated heterocycles. The number of amides is 1. The highest BCUT2D eigenvalue weighted by Gasteiger charge is 2.26. The Morgan fingerprint density at radius 2 is 2.05 bits per heavy atom. The van der Waals surface area contributed by atoms with E-state index >= 15 is 0 Å². The first-order valence-electron chi connectivity index (χ1n) is 6.38. The second kappa shape index (κ2) is 6.33. The Morgan fingerprint density at radius 3 is 2.68 bits per heavy atom. The smallest absolute Gasteiger partial charge is 0.227 e. The average molecular weight is 288 g/mol. The van der Waals surface area contributed by atoms with Crippen molar-refractivity contribution < 1.29 is 13.6 Å². The van der Waals surface area contributed by atoms with Gasteiger partial charge in [0.1, 0.15) is 11.6 Å².